The van der Waals surface area contributed by atoms with Crippen molar-refractivity contribution >= 4 is 56.2 Å². The number of amides is 2. The summed E-state index contributed by atoms with van der Waals surface area (Å²) in [4.78, 5) is 58.8. The SMILES string of the molecule is COC(=O)CC1C(NC(=O)/C(=N/OC(C)(C)C(=O)OC(C)(C)C)c2csc(N)n2)C(=O)N1S(=O)(=O)O.[H-].[Na+]. The molecule has 1 aliphatic rings. The van der Waals surface area contributed by atoms with Gasteiger partial charge < -0.3 is 26.8 Å². The van der Waals surface area contributed by atoms with Crippen LogP contribution in [0.1, 0.15) is 48.2 Å². The first-order valence-corrected chi connectivity index (χ1v) is 12.5. The molecule has 1 fully saturated rings. The van der Waals surface area contributed by atoms with E-state index in [0.29, 0.717) is 0 Å². The first kappa shape index (κ1) is 32.7. The summed E-state index contributed by atoms with van der Waals surface area (Å²) >= 11 is 0.962. The van der Waals surface area contributed by atoms with Gasteiger partial charge in [-0.25, -0.2) is 14.1 Å². The maximum atomic E-state index is 13.1. The predicted octanol–water partition coefficient (Wildman–Crippen LogP) is -3.26. The van der Waals surface area contributed by atoms with Gasteiger partial charge in [-0.05, 0) is 34.6 Å². The number of anilines is 1. The monoisotopic (exact) mass is 573 g/mol. The number of rotatable bonds is 9. The maximum absolute atomic E-state index is 13.1. The number of carbonyl (C=O) groups is 4. The fourth-order valence-electron chi connectivity index (χ4n) is 2.82. The van der Waals surface area contributed by atoms with Crippen molar-refractivity contribution in [2.24, 2.45) is 5.16 Å². The van der Waals surface area contributed by atoms with E-state index in [1.165, 1.54) is 19.2 Å². The van der Waals surface area contributed by atoms with Crippen molar-refractivity contribution in [1.29, 1.82) is 0 Å². The fraction of sp³-hybridized carbons (Fsp3) is 0.579. The Labute approximate surface area is 240 Å². The molecule has 4 N–H and O–H groups in total. The number of carbonyl (C=O) groups excluding carboxylic acids is 4. The molecule has 0 bridgehead atoms. The summed E-state index contributed by atoms with van der Waals surface area (Å²) in [5, 5.41) is 7.41. The first-order chi connectivity index (χ1) is 16.4. The number of aromatic nitrogens is 1. The van der Waals surface area contributed by atoms with Crippen LogP contribution in [0.3, 0.4) is 0 Å². The summed E-state index contributed by atoms with van der Waals surface area (Å²) in [6.45, 7) is 7.65. The molecular weight excluding hydrogens is 545 g/mol. The van der Waals surface area contributed by atoms with Crippen molar-refractivity contribution in [3.63, 3.8) is 0 Å². The molecule has 2 atom stereocenters. The van der Waals surface area contributed by atoms with Crippen LogP contribution in [0.5, 0.6) is 0 Å². The van der Waals surface area contributed by atoms with Gasteiger partial charge in [0.2, 0.25) is 5.60 Å². The zero-order valence-corrected chi connectivity index (χ0v) is 24.9. The average Bonchev–Trinajstić information content (AvgIpc) is 3.15. The number of methoxy groups -OCH3 is 1. The molecule has 18 heteroatoms. The molecule has 0 spiro atoms. The van der Waals surface area contributed by atoms with E-state index in [1.807, 2.05) is 0 Å². The van der Waals surface area contributed by atoms with E-state index < -0.39 is 69.5 Å². The quantitative estimate of drug-likeness (QED) is 0.0663. The minimum atomic E-state index is -5.02. The molecule has 2 heterocycles. The minimum Gasteiger partial charge on any atom is -1.00 e. The van der Waals surface area contributed by atoms with Crippen molar-refractivity contribution in [3.8, 4) is 0 Å². The van der Waals surface area contributed by atoms with Gasteiger partial charge in [-0.1, -0.05) is 5.16 Å². The number of esters is 2. The van der Waals surface area contributed by atoms with Gasteiger partial charge in [0.25, 0.3) is 11.8 Å². The van der Waals surface area contributed by atoms with Gasteiger partial charge >= 0.3 is 51.8 Å². The maximum Gasteiger partial charge on any atom is 1.00 e. The molecule has 0 aromatic carbocycles. The van der Waals surface area contributed by atoms with E-state index in [1.54, 1.807) is 20.8 Å². The minimum absolute atomic E-state index is 0. The second-order valence-electron chi connectivity index (χ2n) is 9.02. The third-order valence-electron chi connectivity index (χ3n) is 4.54. The van der Waals surface area contributed by atoms with E-state index in [0.717, 1.165) is 18.4 Å². The normalized spacial score (nSPS) is 18.3. The summed E-state index contributed by atoms with van der Waals surface area (Å²) in [7, 11) is -3.98. The third-order valence-corrected chi connectivity index (χ3v) is 6.16. The third kappa shape index (κ3) is 8.34. The molecular formula is C19H28N5NaO10S2. The Hall–Kier alpha value is -2.31. The number of nitrogens with one attached hydrogen (secondary N) is 1. The van der Waals surface area contributed by atoms with Crippen LogP contribution in [-0.2, 0) is 43.8 Å². The van der Waals surface area contributed by atoms with E-state index in [4.69, 9.17) is 15.3 Å². The van der Waals surface area contributed by atoms with Gasteiger partial charge in [0, 0.05) is 5.38 Å². The van der Waals surface area contributed by atoms with Crippen LogP contribution in [0, 0.1) is 0 Å². The first-order valence-electron chi connectivity index (χ1n) is 10.3. The molecule has 0 radical (unpaired) electrons. The van der Waals surface area contributed by atoms with Crippen molar-refractivity contribution in [2.75, 3.05) is 12.8 Å². The Kier molecular flexibility index (Phi) is 10.6. The fourth-order valence-corrected chi connectivity index (χ4v) is 4.25. The number of β-lactam (4-membered cyclic amide) rings is 1. The summed E-state index contributed by atoms with van der Waals surface area (Å²) in [6.07, 6.45) is -0.648. The molecule has 202 valence electrons. The molecule has 1 aliphatic heterocycles. The largest absolute Gasteiger partial charge is 1.00 e. The number of hydrogen-bond acceptors (Lipinski definition) is 13. The Morgan fingerprint density at radius 2 is 1.89 bits per heavy atom. The van der Waals surface area contributed by atoms with Crippen molar-refractivity contribution in [2.45, 2.75) is 64.3 Å². The Morgan fingerprint density at radius 1 is 1.30 bits per heavy atom. The molecule has 2 amide bonds. The number of ether oxygens (including phenoxy) is 2. The summed E-state index contributed by atoms with van der Waals surface area (Å²) in [6, 6.07) is -3.01. The molecule has 1 aromatic rings. The van der Waals surface area contributed by atoms with Gasteiger partial charge in [0.1, 0.15) is 17.3 Å². The average molecular weight is 574 g/mol. The number of oxime groups is 1. The van der Waals surface area contributed by atoms with Crippen molar-refractivity contribution in [1.82, 2.24) is 14.6 Å². The molecule has 0 aliphatic carbocycles. The van der Waals surface area contributed by atoms with Crippen LogP contribution in [0.2, 0.25) is 0 Å². The van der Waals surface area contributed by atoms with Crippen LogP contribution >= 0.6 is 11.3 Å². The second-order valence-corrected chi connectivity index (χ2v) is 11.2. The molecule has 1 aromatic heterocycles. The Morgan fingerprint density at radius 3 is 2.35 bits per heavy atom. The second kappa shape index (κ2) is 12.0. The van der Waals surface area contributed by atoms with Gasteiger partial charge in [0.15, 0.2) is 10.8 Å². The number of hydrogen-bond donors (Lipinski definition) is 3. The van der Waals surface area contributed by atoms with Crippen LogP contribution < -0.4 is 40.6 Å². The molecule has 15 nitrogen and oxygen atoms in total. The summed E-state index contributed by atoms with van der Waals surface area (Å²) < 4.78 is 42.2. The Balaban J connectivity index is 0.00000684. The van der Waals surface area contributed by atoms with Crippen LogP contribution in [0.15, 0.2) is 10.5 Å². The van der Waals surface area contributed by atoms with E-state index in [2.05, 4.69) is 20.2 Å². The summed E-state index contributed by atoms with van der Waals surface area (Å²) in [5.41, 5.74) is 2.58. The van der Waals surface area contributed by atoms with Gasteiger partial charge in [0.05, 0.1) is 19.6 Å². The zero-order valence-electron chi connectivity index (χ0n) is 22.3. The van der Waals surface area contributed by atoms with E-state index in [9.17, 15) is 32.1 Å². The number of nitrogens with two attached hydrogens (primary N) is 1. The van der Waals surface area contributed by atoms with Gasteiger partial charge in [-0.3, -0.25) is 18.9 Å². The molecule has 0 saturated carbocycles. The number of thiazole rings is 1. The van der Waals surface area contributed by atoms with Gasteiger partial charge in [-0.15, -0.1) is 11.3 Å². The zero-order chi connectivity index (χ0) is 27.6. The van der Waals surface area contributed by atoms with E-state index in [-0.39, 0.29) is 46.1 Å². The van der Waals surface area contributed by atoms with Crippen LogP contribution in [0.25, 0.3) is 0 Å². The smallest absolute Gasteiger partial charge is 1.00 e. The summed E-state index contributed by atoms with van der Waals surface area (Å²) in [5.74, 6) is -3.95. The van der Waals surface area contributed by atoms with Crippen LogP contribution in [0.4, 0.5) is 5.13 Å². The van der Waals surface area contributed by atoms with Crippen LogP contribution in [-0.4, -0.2) is 82.1 Å². The van der Waals surface area contributed by atoms with Crippen molar-refractivity contribution in [3.05, 3.63) is 11.1 Å². The molecule has 2 unspecified atom stereocenters. The standard InChI is InChI=1S/C19H27N5O10S2.Na.H/c1-18(2,3)33-16(28)19(4,5)34-23-12(9-8-35-17(20)21-9)14(26)22-13-10(7-11(25)32-6)24(15(13)27)36(29,30)31;;/h8,10,13H,7H2,1-6H3,(H2,20,21)(H,22,26)(H,29,30,31);;/q;+1;-1/b23-12+;;. The molecule has 2 rings (SSSR count). The number of nitrogens with zero attached hydrogens (tertiary/aromatic N) is 3. The number of nitrogen functional groups attached to an aromatic ring is 1. The predicted molar refractivity (Wildman–Crippen MR) is 126 cm³/mol. The Bertz CT molecular complexity index is 1200. The van der Waals surface area contributed by atoms with E-state index >= 15 is 0 Å². The molecule has 37 heavy (non-hydrogen) atoms. The van der Waals surface area contributed by atoms with Crippen molar-refractivity contribution < 1.29 is 77.4 Å². The topological polar surface area (TPSA) is 217 Å². The van der Waals surface area contributed by atoms with Gasteiger partial charge in [-0.2, -0.15) is 8.42 Å². The molecule has 1 saturated heterocycles.